The fourth-order valence-corrected chi connectivity index (χ4v) is 2.90. The second-order valence-electron chi connectivity index (χ2n) is 5.53. The number of hydrogen-bond donors (Lipinski definition) is 1. The summed E-state index contributed by atoms with van der Waals surface area (Å²) >= 11 is 0. The summed E-state index contributed by atoms with van der Waals surface area (Å²) < 4.78 is 18.7. The van der Waals surface area contributed by atoms with Crippen LogP contribution in [0.4, 0.5) is 4.39 Å². The maximum absolute atomic E-state index is 13.0. The third kappa shape index (κ3) is 3.78. The monoisotopic (exact) mass is 280 g/mol. The molecule has 2 N–H and O–H groups in total. The second kappa shape index (κ2) is 7.16. The third-order valence-electron chi connectivity index (χ3n) is 4.16. The van der Waals surface area contributed by atoms with Gasteiger partial charge >= 0.3 is 0 Å². The molecule has 2 rings (SSSR count). The maximum Gasteiger partial charge on any atom is 0.123 e. The van der Waals surface area contributed by atoms with E-state index in [1.165, 1.54) is 12.1 Å². The topological polar surface area (TPSA) is 38.5 Å². The van der Waals surface area contributed by atoms with Crippen molar-refractivity contribution in [2.45, 2.75) is 44.9 Å². The SMILES string of the molecule is CCOC1CCCN(C(C)C(N)c2ccc(F)cc2)C1. The van der Waals surface area contributed by atoms with E-state index in [-0.39, 0.29) is 17.9 Å². The van der Waals surface area contributed by atoms with Gasteiger partial charge in [0.15, 0.2) is 0 Å². The Balaban J connectivity index is 1.98. The molecule has 1 aliphatic rings. The fraction of sp³-hybridized carbons (Fsp3) is 0.625. The summed E-state index contributed by atoms with van der Waals surface area (Å²) in [5, 5.41) is 0. The zero-order valence-corrected chi connectivity index (χ0v) is 12.4. The highest BCUT2D eigenvalue weighted by atomic mass is 19.1. The Hall–Kier alpha value is -0.970. The fourth-order valence-electron chi connectivity index (χ4n) is 2.90. The normalized spacial score (nSPS) is 23.5. The molecule has 0 spiro atoms. The van der Waals surface area contributed by atoms with Crippen molar-refractivity contribution in [3.05, 3.63) is 35.6 Å². The minimum atomic E-state index is -0.219. The van der Waals surface area contributed by atoms with Gasteiger partial charge in [0, 0.05) is 25.2 Å². The number of hydrogen-bond acceptors (Lipinski definition) is 3. The van der Waals surface area contributed by atoms with Gasteiger partial charge in [0.25, 0.3) is 0 Å². The molecule has 0 amide bonds. The zero-order valence-electron chi connectivity index (χ0n) is 12.4. The summed E-state index contributed by atoms with van der Waals surface area (Å²) in [7, 11) is 0. The molecule has 1 aromatic carbocycles. The Labute approximate surface area is 120 Å². The Morgan fingerprint density at radius 2 is 2.10 bits per heavy atom. The van der Waals surface area contributed by atoms with Crippen LogP contribution in [0.5, 0.6) is 0 Å². The first kappa shape index (κ1) is 15.4. The number of nitrogens with zero attached hydrogens (tertiary/aromatic N) is 1. The van der Waals surface area contributed by atoms with Crippen LogP contribution in [0.25, 0.3) is 0 Å². The predicted molar refractivity (Wildman–Crippen MR) is 79.0 cm³/mol. The number of likely N-dealkylation sites (tertiary alicyclic amines) is 1. The first-order chi connectivity index (χ1) is 9.61. The minimum Gasteiger partial charge on any atom is -0.377 e. The van der Waals surface area contributed by atoms with Crippen LogP contribution in [0, 0.1) is 5.82 Å². The van der Waals surface area contributed by atoms with E-state index in [1.807, 2.05) is 6.92 Å². The molecule has 3 unspecified atom stereocenters. The molecule has 0 bridgehead atoms. The van der Waals surface area contributed by atoms with E-state index >= 15 is 0 Å². The van der Waals surface area contributed by atoms with Crippen LogP contribution in [-0.2, 0) is 4.74 Å². The molecule has 0 saturated carbocycles. The number of nitrogens with two attached hydrogens (primary N) is 1. The van der Waals surface area contributed by atoms with E-state index in [0.717, 1.165) is 38.1 Å². The molecule has 1 fully saturated rings. The average molecular weight is 280 g/mol. The van der Waals surface area contributed by atoms with Crippen LogP contribution in [0.2, 0.25) is 0 Å². The van der Waals surface area contributed by atoms with Crippen LogP contribution >= 0.6 is 0 Å². The molecule has 3 atom stereocenters. The number of piperidine rings is 1. The lowest BCUT2D eigenvalue weighted by molar-refractivity contribution is -0.00831. The van der Waals surface area contributed by atoms with Crippen molar-refractivity contribution < 1.29 is 9.13 Å². The van der Waals surface area contributed by atoms with Crippen LogP contribution in [0.3, 0.4) is 0 Å². The van der Waals surface area contributed by atoms with E-state index in [4.69, 9.17) is 10.5 Å². The smallest absolute Gasteiger partial charge is 0.123 e. The van der Waals surface area contributed by atoms with Gasteiger partial charge in [-0.15, -0.1) is 0 Å². The van der Waals surface area contributed by atoms with Crippen LogP contribution in [-0.4, -0.2) is 36.7 Å². The van der Waals surface area contributed by atoms with Gasteiger partial charge in [-0.1, -0.05) is 12.1 Å². The van der Waals surface area contributed by atoms with Crippen molar-refractivity contribution in [3.63, 3.8) is 0 Å². The van der Waals surface area contributed by atoms with Crippen LogP contribution in [0.1, 0.15) is 38.3 Å². The lowest BCUT2D eigenvalue weighted by atomic mass is 9.97. The van der Waals surface area contributed by atoms with E-state index < -0.39 is 0 Å². The summed E-state index contributed by atoms with van der Waals surface area (Å²) in [5.74, 6) is -0.219. The van der Waals surface area contributed by atoms with Crippen molar-refractivity contribution in [2.24, 2.45) is 5.73 Å². The molecule has 0 aliphatic carbocycles. The van der Waals surface area contributed by atoms with Gasteiger partial charge in [-0.25, -0.2) is 4.39 Å². The molecule has 1 saturated heterocycles. The molecule has 0 aromatic heterocycles. The predicted octanol–water partition coefficient (Wildman–Crippen LogP) is 2.71. The number of rotatable bonds is 5. The van der Waals surface area contributed by atoms with Crippen molar-refractivity contribution >= 4 is 0 Å². The third-order valence-corrected chi connectivity index (χ3v) is 4.16. The van der Waals surface area contributed by atoms with Crippen molar-refractivity contribution in [1.29, 1.82) is 0 Å². The molecule has 3 nitrogen and oxygen atoms in total. The molecule has 4 heteroatoms. The highest BCUT2D eigenvalue weighted by Gasteiger charge is 2.27. The molecule has 1 heterocycles. The van der Waals surface area contributed by atoms with Gasteiger partial charge in [0.2, 0.25) is 0 Å². The first-order valence-electron chi connectivity index (χ1n) is 7.48. The highest BCUT2D eigenvalue weighted by Crippen LogP contribution is 2.23. The zero-order chi connectivity index (χ0) is 14.5. The largest absolute Gasteiger partial charge is 0.377 e. The molecule has 1 aliphatic heterocycles. The van der Waals surface area contributed by atoms with Crippen molar-refractivity contribution in [3.8, 4) is 0 Å². The Morgan fingerprint density at radius 3 is 2.75 bits per heavy atom. The summed E-state index contributed by atoms with van der Waals surface area (Å²) in [4.78, 5) is 2.39. The quantitative estimate of drug-likeness (QED) is 0.901. The van der Waals surface area contributed by atoms with Gasteiger partial charge in [-0.2, -0.15) is 0 Å². The number of halogens is 1. The molecular formula is C16H25FN2O. The van der Waals surface area contributed by atoms with E-state index in [1.54, 1.807) is 12.1 Å². The molecular weight excluding hydrogens is 255 g/mol. The van der Waals surface area contributed by atoms with Gasteiger partial charge < -0.3 is 10.5 Å². The van der Waals surface area contributed by atoms with Crippen LogP contribution in [0.15, 0.2) is 24.3 Å². The lowest BCUT2D eigenvalue weighted by Gasteiger charge is -2.39. The number of ether oxygens (including phenoxy) is 1. The van der Waals surface area contributed by atoms with E-state index in [9.17, 15) is 4.39 Å². The van der Waals surface area contributed by atoms with Crippen molar-refractivity contribution in [1.82, 2.24) is 4.90 Å². The number of benzene rings is 1. The lowest BCUT2D eigenvalue weighted by Crippen LogP contribution is -2.48. The average Bonchev–Trinajstić information content (AvgIpc) is 2.47. The van der Waals surface area contributed by atoms with Gasteiger partial charge in [-0.05, 0) is 50.9 Å². The Bertz CT molecular complexity index is 407. The molecule has 20 heavy (non-hydrogen) atoms. The summed E-state index contributed by atoms with van der Waals surface area (Å²) in [6, 6.07) is 6.63. The molecule has 0 radical (unpaired) electrons. The van der Waals surface area contributed by atoms with Crippen molar-refractivity contribution in [2.75, 3.05) is 19.7 Å². The Kier molecular flexibility index (Phi) is 5.52. The van der Waals surface area contributed by atoms with Gasteiger partial charge in [-0.3, -0.25) is 4.90 Å². The maximum atomic E-state index is 13.0. The first-order valence-corrected chi connectivity index (χ1v) is 7.48. The summed E-state index contributed by atoms with van der Waals surface area (Å²) in [6.45, 7) is 6.93. The minimum absolute atomic E-state index is 0.101. The van der Waals surface area contributed by atoms with Gasteiger partial charge in [0.1, 0.15) is 5.82 Å². The molecule has 112 valence electrons. The summed E-state index contributed by atoms with van der Waals surface area (Å²) in [6.07, 6.45) is 2.59. The standard InChI is InChI=1S/C16H25FN2O/c1-3-20-15-5-4-10-19(11-15)12(2)16(18)13-6-8-14(17)9-7-13/h6-9,12,15-16H,3-5,10-11,18H2,1-2H3. The van der Waals surface area contributed by atoms with Crippen LogP contribution < -0.4 is 5.73 Å². The van der Waals surface area contributed by atoms with E-state index in [2.05, 4.69) is 11.8 Å². The Morgan fingerprint density at radius 1 is 1.40 bits per heavy atom. The van der Waals surface area contributed by atoms with E-state index in [0.29, 0.717) is 6.10 Å². The highest BCUT2D eigenvalue weighted by molar-refractivity contribution is 5.21. The summed E-state index contributed by atoms with van der Waals surface area (Å²) in [5.41, 5.74) is 7.32. The second-order valence-corrected chi connectivity index (χ2v) is 5.53. The van der Waals surface area contributed by atoms with Gasteiger partial charge in [0.05, 0.1) is 6.10 Å². The molecule has 1 aromatic rings.